The molecule has 2 aromatic rings. The van der Waals surface area contributed by atoms with Gasteiger partial charge < -0.3 is 15.2 Å². The summed E-state index contributed by atoms with van der Waals surface area (Å²) >= 11 is 0. The summed E-state index contributed by atoms with van der Waals surface area (Å²) in [6.45, 7) is 0.512. The molecule has 16 heavy (non-hydrogen) atoms. The van der Waals surface area contributed by atoms with Gasteiger partial charge in [0.1, 0.15) is 11.5 Å². The Kier molecular flexibility index (Phi) is 2.97. The molecule has 0 spiro atoms. The van der Waals surface area contributed by atoms with E-state index in [0.29, 0.717) is 6.54 Å². The lowest BCUT2D eigenvalue weighted by atomic mass is 10.1. The van der Waals surface area contributed by atoms with Crippen LogP contribution in [0.4, 0.5) is 0 Å². The van der Waals surface area contributed by atoms with Gasteiger partial charge in [-0.1, -0.05) is 6.07 Å². The smallest absolute Gasteiger partial charge is 0.127 e. The highest BCUT2D eigenvalue weighted by Crippen LogP contribution is 2.30. The first kappa shape index (κ1) is 10.8. The van der Waals surface area contributed by atoms with Crippen LogP contribution < -0.4 is 15.2 Å². The lowest BCUT2D eigenvalue weighted by molar-refractivity contribution is 0.412. The summed E-state index contributed by atoms with van der Waals surface area (Å²) in [5, 5.41) is 2.15. The highest BCUT2D eigenvalue weighted by Gasteiger charge is 2.05. The van der Waals surface area contributed by atoms with Gasteiger partial charge in [0.15, 0.2) is 0 Å². The van der Waals surface area contributed by atoms with Crippen LogP contribution >= 0.6 is 0 Å². The topological polar surface area (TPSA) is 44.5 Å². The van der Waals surface area contributed by atoms with E-state index in [-0.39, 0.29) is 0 Å². The fourth-order valence-electron chi connectivity index (χ4n) is 1.78. The summed E-state index contributed by atoms with van der Waals surface area (Å²) in [6, 6.07) is 9.94. The van der Waals surface area contributed by atoms with Crippen LogP contribution in [0.15, 0.2) is 30.3 Å². The molecule has 2 rings (SSSR count). The van der Waals surface area contributed by atoms with Crippen molar-refractivity contribution in [2.75, 3.05) is 14.2 Å². The van der Waals surface area contributed by atoms with E-state index in [1.165, 1.54) is 0 Å². The molecule has 0 aliphatic heterocycles. The number of hydrogen-bond donors (Lipinski definition) is 1. The van der Waals surface area contributed by atoms with E-state index in [4.69, 9.17) is 15.2 Å². The second-order valence-electron chi connectivity index (χ2n) is 3.59. The zero-order valence-corrected chi connectivity index (χ0v) is 9.49. The molecule has 3 heteroatoms. The Labute approximate surface area is 94.8 Å². The Morgan fingerprint density at radius 3 is 2.50 bits per heavy atom. The molecular formula is C13H15NO2. The predicted octanol–water partition coefficient (Wildman–Crippen LogP) is 2.32. The monoisotopic (exact) mass is 217 g/mol. The van der Waals surface area contributed by atoms with Gasteiger partial charge in [0, 0.05) is 11.9 Å². The van der Waals surface area contributed by atoms with Crippen molar-refractivity contribution in [3.63, 3.8) is 0 Å². The first-order valence-electron chi connectivity index (χ1n) is 5.13. The molecule has 0 heterocycles. The van der Waals surface area contributed by atoms with Crippen molar-refractivity contribution in [3.05, 3.63) is 35.9 Å². The number of nitrogens with two attached hydrogens (primary N) is 1. The average molecular weight is 217 g/mol. The van der Waals surface area contributed by atoms with Crippen molar-refractivity contribution in [2.24, 2.45) is 5.73 Å². The largest absolute Gasteiger partial charge is 0.497 e. The number of fused-ring (bicyclic) bond motifs is 1. The van der Waals surface area contributed by atoms with E-state index in [0.717, 1.165) is 27.8 Å². The van der Waals surface area contributed by atoms with E-state index in [1.807, 2.05) is 24.3 Å². The third kappa shape index (κ3) is 1.82. The molecule has 0 radical (unpaired) electrons. The summed E-state index contributed by atoms with van der Waals surface area (Å²) in [5.41, 5.74) is 6.70. The van der Waals surface area contributed by atoms with Crippen LogP contribution in [0.5, 0.6) is 11.5 Å². The van der Waals surface area contributed by atoms with Crippen molar-refractivity contribution in [2.45, 2.75) is 6.54 Å². The van der Waals surface area contributed by atoms with Crippen molar-refractivity contribution < 1.29 is 9.47 Å². The molecule has 0 fully saturated rings. The van der Waals surface area contributed by atoms with Gasteiger partial charge >= 0.3 is 0 Å². The standard InChI is InChI=1S/C13H15NO2/c1-15-11-4-3-10-5-9(8-14)6-13(16-2)12(10)7-11/h3-7H,8,14H2,1-2H3. The minimum absolute atomic E-state index is 0.512. The molecular weight excluding hydrogens is 202 g/mol. The van der Waals surface area contributed by atoms with E-state index in [2.05, 4.69) is 6.07 Å². The number of ether oxygens (including phenoxy) is 2. The van der Waals surface area contributed by atoms with E-state index >= 15 is 0 Å². The van der Waals surface area contributed by atoms with Crippen LogP contribution in [0.25, 0.3) is 10.8 Å². The van der Waals surface area contributed by atoms with Gasteiger partial charge in [-0.3, -0.25) is 0 Å². The summed E-state index contributed by atoms with van der Waals surface area (Å²) in [4.78, 5) is 0. The molecule has 2 N–H and O–H groups in total. The third-order valence-electron chi connectivity index (χ3n) is 2.64. The molecule has 0 aromatic heterocycles. The zero-order valence-electron chi connectivity index (χ0n) is 9.49. The first-order chi connectivity index (χ1) is 7.78. The molecule has 0 saturated carbocycles. The van der Waals surface area contributed by atoms with Crippen LogP contribution in [-0.4, -0.2) is 14.2 Å². The zero-order chi connectivity index (χ0) is 11.5. The van der Waals surface area contributed by atoms with Gasteiger partial charge in [0.2, 0.25) is 0 Å². The quantitative estimate of drug-likeness (QED) is 0.858. The summed E-state index contributed by atoms with van der Waals surface area (Å²) in [5.74, 6) is 1.66. The summed E-state index contributed by atoms with van der Waals surface area (Å²) in [7, 11) is 3.32. The number of rotatable bonds is 3. The van der Waals surface area contributed by atoms with Crippen LogP contribution in [-0.2, 0) is 6.54 Å². The van der Waals surface area contributed by atoms with Gasteiger partial charge in [-0.05, 0) is 35.2 Å². The van der Waals surface area contributed by atoms with Gasteiger partial charge in [0.05, 0.1) is 14.2 Å². The Hall–Kier alpha value is -1.74. The molecule has 0 aliphatic carbocycles. The Morgan fingerprint density at radius 1 is 1.06 bits per heavy atom. The van der Waals surface area contributed by atoms with Crippen LogP contribution in [0.2, 0.25) is 0 Å². The van der Waals surface area contributed by atoms with Crippen LogP contribution in [0.1, 0.15) is 5.56 Å². The maximum Gasteiger partial charge on any atom is 0.127 e. The fourth-order valence-corrected chi connectivity index (χ4v) is 1.78. The fraction of sp³-hybridized carbons (Fsp3) is 0.231. The second kappa shape index (κ2) is 4.41. The molecule has 0 aliphatic rings. The Balaban J connectivity index is 2.69. The maximum atomic E-state index is 5.64. The molecule has 84 valence electrons. The van der Waals surface area contributed by atoms with Gasteiger partial charge in [-0.2, -0.15) is 0 Å². The third-order valence-corrected chi connectivity index (χ3v) is 2.64. The minimum atomic E-state index is 0.512. The lowest BCUT2D eigenvalue weighted by Crippen LogP contribution is -1.97. The summed E-state index contributed by atoms with van der Waals surface area (Å²) in [6.07, 6.45) is 0. The van der Waals surface area contributed by atoms with Gasteiger partial charge in [0.25, 0.3) is 0 Å². The number of methoxy groups -OCH3 is 2. The van der Waals surface area contributed by atoms with Crippen molar-refractivity contribution in [3.8, 4) is 11.5 Å². The molecule has 3 nitrogen and oxygen atoms in total. The molecule has 0 bridgehead atoms. The normalized spacial score (nSPS) is 10.4. The van der Waals surface area contributed by atoms with E-state index in [1.54, 1.807) is 14.2 Å². The minimum Gasteiger partial charge on any atom is -0.497 e. The maximum absolute atomic E-state index is 5.64. The SMILES string of the molecule is COc1ccc2cc(CN)cc(OC)c2c1. The second-order valence-corrected chi connectivity index (χ2v) is 3.59. The van der Waals surface area contributed by atoms with E-state index in [9.17, 15) is 0 Å². The van der Waals surface area contributed by atoms with Gasteiger partial charge in [-0.15, -0.1) is 0 Å². The van der Waals surface area contributed by atoms with Crippen molar-refractivity contribution >= 4 is 10.8 Å². The highest BCUT2D eigenvalue weighted by atomic mass is 16.5. The molecule has 0 amide bonds. The summed E-state index contributed by atoms with van der Waals surface area (Å²) < 4.78 is 10.6. The van der Waals surface area contributed by atoms with Crippen LogP contribution in [0.3, 0.4) is 0 Å². The van der Waals surface area contributed by atoms with Crippen molar-refractivity contribution in [1.82, 2.24) is 0 Å². The molecule has 0 atom stereocenters. The number of benzene rings is 2. The predicted molar refractivity (Wildman–Crippen MR) is 64.9 cm³/mol. The van der Waals surface area contributed by atoms with Crippen LogP contribution in [0, 0.1) is 0 Å². The highest BCUT2D eigenvalue weighted by molar-refractivity contribution is 5.90. The average Bonchev–Trinajstić information content (AvgIpc) is 2.36. The van der Waals surface area contributed by atoms with E-state index < -0.39 is 0 Å². The first-order valence-corrected chi connectivity index (χ1v) is 5.13. The molecule has 2 aromatic carbocycles. The Bertz CT molecular complexity index is 509. The van der Waals surface area contributed by atoms with Gasteiger partial charge in [-0.25, -0.2) is 0 Å². The molecule has 0 saturated heterocycles. The lowest BCUT2D eigenvalue weighted by Gasteiger charge is -2.09. The van der Waals surface area contributed by atoms with Crippen molar-refractivity contribution in [1.29, 1.82) is 0 Å². The Morgan fingerprint density at radius 2 is 1.88 bits per heavy atom. The number of hydrogen-bond acceptors (Lipinski definition) is 3. The molecule has 0 unspecified atom stereocenters.